The molecule has 0 aliphatic heterocycles. The van der Waals surface area contributed by atoms with Crippen molar-refractivity contribution in [2.24, 2.45) is 0 Å². The zero-order valence-corrected chi connectivity index (χ0v) is 17.1. The predicted molar refractivity (Wildman–Crippen MR) is 107 cm³/mol. The van der Waals surface area contributed by atoms with Crippen LogP contribution in [0.2, 0.25) is 0 Å². The summed E-state index contributed by atoms with van der Waals surface area (Å²) in [7, 11) is -3.93. The van der Waals surface area contributed by atoms with Crippen LogP contribution < -0.4 is 9.62 Å². The molecule has 8 heteroatoms. The van der Waals surface area contributed by atoms with E-state index in [1.807, 2.05) is 32.0 Å². The van der Waals surface area contributed by atoms with Gasteiger partial charge in [-0.1, -0.05) is 32.0 Å². The summed E-state index contributed by atoms with van der Waals surface area (Å²) in [6, 6.07) is 7.23. The number of hydrogen-bond acceptors (Lipinski definition) is 3. The lowest BCUT2D eigenvalue weighted by molar-refractivity contribution is -0.116. The van der Waals surface area contributed by atoms with E-state index in [9.17, 15) is 22.0 Å². The predicted octanol–water partition coefficient (Wildman–Crippen LogP) is 3.88. The monoisotopic (exact) mass is 410 g/mol. The first kappa shape index (κ1) is 21.8. The van der Waals surface area contributed by atoms with E-state index in [0.29, 0.717) is 18.5 Å². The van der Waals surface area contributed by atoms with Crippen molar-refractivity contribution in [2.75, 3.05) is 15.9 Å². The van der Waals surface area contributed by atoms with Crippen LogP contribution in [0.3, 0.4) is 0 Å². The quantitative estimate of drug-likeness (QED) is 0.753. The number of carbonyl (C=O) groups is 1. The second-order valence-corrected chi connectivity index (χ2v) is 8.34. The van der Waals surface area contributed by atoms with Crippen LogP contribution in [0.5, 0.6) is 0 Å². The van der Waals surface area contributed by atoms with Crippen LogP contribution in [0.1, 0.15) is 31.9 Å². The van der Waals surface area contributed by atoms with E-state index in [0.717, 1.165) is 39.9 Å². The van der Waals surface area contributed by atoms with Crippen molar-refractivity contribution in [3.8, 4) is 0 Å². The molecule has 1 amide bonds. The largest absolute Gasteiger partial charge is 0.324 e. The van der Waals surface area contributed by atoms with Gasteiger partial charge in [0.15, 0.2) is 11.6 Å². The third-order valence-electron chi connectivity index (χ3n) is 4.49. The molecule has 0 unspecified atom stereocenters. The first-order valence-corrected chi connectivity index (χ1v) is 10.8. The Labute approximate surface area is 164 Å². The highest BCUT2D eigenvalue weighted by molar-refractivity contribution is 7.92. The van der Waals surface area contributed by atoms with Crippen molar-refractivity contribution in [1.29, 1.82) is 0 Å². The molecular formula is C20H24F2N2O3S. The minimum absolute atomic E-state index is 0.122. The molecule has 2 aromatic rings. The van der Waals surface area contributed by atoms with Gasteiger partial charge < -0.3 is 5.32 Å². The van der Waals surface area contributed by atoms with Gasteiger partial charge in [-0.15, -0.1) is 0 Å². The number of hydrogen-bond donors (Lipinski definition) is 1. The second-order valence-electron chi connectivity index (χ2n) is 6.48. The number of benzene rings is 2. The van der Waals surface area contributed by atoms with Crippen LogP contribution in [0.15, 0.2) is 36.4 Å². The molecule has 0 bridgehead atoms. The standard InChI is InChI=1S/C20H24F2N2O3S/c1-5-14-8-7-9-15(6-2)19(14)23-20(25)13(3)24(28(4,26)27)16-10-11-17(21)18(22)12-16/h7-13H,5-6H2,1-4H3,(H,23,25)/t13-/m0/s1. The highest BCUT2D eigenvalue weighted by atomic mass is 32.2. The number of halogens is 2. The van der Waals surface area contributed by atoms with Gasteiger partial charge in [0.05, 0.1) is 11.9 Å². The number of aryl methyl sites for hydroxylation is 2. The average Bonchev–Trinajstić information content (AvgIpc) is 2.63. The van der Waals surface area contributed by atoms with Gasteiger partial charge in [0, 0.05) is 11.8 Å². The summed E-state index contributed by atoms with van der Waals surface area (Å²) in [5.74, 6) is -2.85. The van der Waals surface area contributed by atoms with Crippen molar-refractivity contribution in [3.05, 3.63) is 59.2 Å². The Bertz CT molecular complexity index is 955. The van der Waals surface area contributed by atoms with Crippen molar-refractivity contribution in [2.45, 2.75) is 39.7 Å². The van der Waals surface area contributed by atoms with Crippen molar-refractivity contribution in [3.63, 3.8) is 0 Å². The molecule has 0 saturated heterocycles. The number of sulfonamides is 1. The van der Waals surface area contributed by atoms with Crippen LogP contribution in [0.25, 0.3) is 0 Å². The topological polar surface area (TPSA) is 66.5 Å². The zero-order valence-electron chi connectivity index (χ0n) is 16.3. The molecule has 0 saturated carbocycles. The van der Waals surface area contributed by atoms with E-state index in [4.69, 9.17) is 0 Å². The van der Waals surface area contributed by atoms with E-state index >= 15 is 0 Å². The molecule has 152 valence electrons. The Morgan fingerprint density at radius 3 is 2.11 bits per heavy atom. The van der Waals surface area contributed by atoms with Gasteiger partial charge in [-0.05, 0) is 43.0 Å². The van der Waals surface area contributed by atoms with Gasteiger partial charge in [0.2, 0.25) is 15.9 Å². The Balaban J connectivity index is 2.42. The van der Waals surface area contributed by atoms with Crippen LogP contribution in [0.4, 0.5) is 20.2 Å². The molecule has 0 radical (unpaired) electrons. The maximum Gasteiger partial charge on any atom is 0.248 e. The molecule has 2 aromatic carbocycles. The van der Waals surface area contributed by atoms with Crippen LogP contribution >= 0.6 is 0 Å². The van der Waals surface area contributed by atoms with Crippen molar-refractivity contribution >= 4 is 27.3 Å². The van der Waals surface area contributed by atoms with E-state index in [1.165, 1.54) is 6.92 Å². The molecule has 1 N–H and O–H groups in total. The molecule has 0 heterocycles. The smallest absolute Gasteiger partial charge is 0.248 e. The number of nitrogens with one attached hydrogen (secondary N) is 1. The lowest BCUT2D eigenvalue weighted by Gasteiger charge is -2.29. The number of anilines is 2. The molecule has 1 atom stereocenters. The Morgan fingerprint density at radius 1 is 1.07 bits per heavy atom. The summed E-state index contributed by atoms with van der Waals surface area (Å²) in [6.45, 7) is 5.31. The first-order valence-electron chi connectivity index (χ1n) is 8.96. The summed E-state index contributed by atoms with van der Waals surface area (Å²) >= 11 is 0. The second kappa shape index (κ2) is 8.68. The van der Waals surface area contributed by atoms with E-state index in [-0.39, 0.29) is 5.69 Å². The Kier molecular flexibility index (Phi) is 6.77. The van der Waals surface area contributed by atoms with Crippen molar-refractivity contribution < 1.29 is 22.0 Å². The molecule has 0 aliphatic carbocycles. The van der Waals surface area contributed by atoms with E-state index in [2.05, 4.69) is 5.32 Å². The average molecular weight is 410 g/mol. The van der Waals surface area contributed by atoms with Crippen LogP contribution in [-0.2, 0) is 27.7 Å². The fourth-order valence-corrected chi connectivity index (χ4v) is 4.23. The fourth-order valence-electron chi connectivity index (χ4n) is 3.06. The maximum absolute atomic E-state index is 13.6. The highest BCUT2D eigenvalue weighted by Crippen LogP contribution is 2.26. The Hall–Kier alpha value is -2.48. The molecule has 5 nitrogen and oxygen atoms in total. The molecule has 28 heavy (non-hydrogen) atoms. The summed E-state index contributed by atoms with van der Waals surface area (Å²) in [5.41, 5.74) is 2.39. The number of nitrogens with zero attached hydrogens (tertiary/aromatic N) is 1. The number of amides is 1. The summed E-state index contributed by atoms with van der Waals surface area (Å²) in [4.78, 5) is 12.9. The first-order chi connectivity index (χ1) is 13.1. The third kappa shape index (κ3) is 4.67. The van der Waals surface area contributed by atoms with Gasteiger partial charge in [0.25, 0.3) is 0 Å². The minimum atomic E-state index is -3.93. The van der Waals surface area contributed by atoms with Gasteiger partial charge in [-0.25, -0.2) is 17.2 Å². The molecular weight excluding hydrogens is 386 g/mol. The van der Waals surface area contributed by atoms with E-state index < -0.39 is 33.6 Å². The van der Waals surface area contributed by atoms with Gasteiger partial charge in [-0.3, -0.25) is 9.10 Å². The molecule has 0 fully saturated rings. The van der Waals surface area contributed by atoms with Gasteiger partial charge >= 0.3 is 0 Å². The molecule has 0 aromatic heterocycles. The van der Waals surface area contributed by atoms with Gasteiger partial charge in [0.1, 0.15) is 6.04 Å². The molecule has 2 rings (SSSR count). The SMILES string of the molecule is CCc1cccc(CC)c1NC(=O)[C@H](C)N(c1ccc(F)c(F)c1)S(C)(=O)=O. The molecule has 0 spiro atoms. The minimum Gasteiger partial charge on any atom is -0.324 e. The number of para-hydroxylation sites is 1. The highest BCUT2D eigenvalue weighted by Gasteiger charge is 2.30. The fraction of sp³-hybridized carbons (Fsp3) is 0.350. The summed E-state index contributed by atoms with van der Waals surface area (Å²) in [6.07, 6.45) is 2.29. The maximum atomic E-state index is 13.6. The lowest BCUT2D eigenvalue weighted by atomic mass is 10.0. The molecule has 0 aliphatic rings. The number of carbonyl (C=O) groups excluding carboxylic acids is 1. The lowest BCUT2D eigenvalue weighted by Crippen LogP contribution is -2.45. The van der Waals surface area contributed by atoms with Crippen molar-refractivity contribution in [1.82, 2.24) is 0 Å². The normalized spacial score (nSPS) is 12.5. The van der Waals surface area contributed by atoms with Crippen LogP contribution in [-0.4, -0.2) is 26.6 Å². The zero-order chi connectivity index (χ0) is 21.1. The summed E-state index contributed by atoms with van der Waals surface area (Å²) < 4.78 is 52.3. The summed E-state index contributed by atoms with van der Waals surface area (Å²) in [5, 5.41) is 2.82. The Morgan fingerprint density at radius 2 is 1.64 bits per heavy atom. The van der Waals surface area contributed by atoms with Gasteiger partial charge in [-0.2, -0.15) is 0 Å². The third-order valence-corrected chi connectivity index (χ3v) is 5.73. The van der Waals surface area contributed by atoms with Crippen LogP contribution in [0, 0.1) is 11.6 Å². The van der Waals surface area contributed by atoms with E-state index in [1.54, 1.807) is 0 Å². The number of rotatable bonds is 7.